The maximum absolute atomic E-state index is 12.8. The lowest BCUT2D eigenvalue weighted by Gasteiger charge is -2.09. The van der Waals surface area contributed by atoms with E-state index in [0.717, 1.165) is 0 Å². The Kier molecular flexibility index (Phi) is 4.49. The van der Waals surface area contributed by atoms with Crippen LogP contribution in [-0.2, 0) is 9.47 Å². The van der Waals surface area contributed by atoms with Gasteiger partial charge in [0.25, 0.3) is 0 Å². The Morgan fingerprint density at radius 3 is 1.88 bits per heavy atom. The summed E-state index contributed by atoms with van der Waals surface area (Å²) in [6.45, 7) is -0.0171. The fourth-order valence-corrected chi connectivity index (χ4v) is 2.50. The molecule has 1 N–H and O–H groups in total. The zero-order valence-corrected chi connectivity index (χ0v) is 13.9. The number of carbonyl (C=O) groups is 3. The molecule has 0 unspecified atom stereocenters. The molecule has 0 spiro atoms. The van der Waals surface area contributed by atoms with Crippen molar-refractivity contribution < 1.29 is 38.4 Å². The van der Waals surface area contributed by atoms with E-state index in [2.05, 4.69) is 9.47 Å². The van der Waals surface area contributed by atoms with Crippen LogP contribution in [0.3, 0.4) is 0 Å². The quantitative estimate of drug-likeness (QED) is 0.652. The van der Waals surface area contributed by atoms with E-state index in [-0.39, 0.29) is 34.8 Å². The molecule has 2 aromatic carbocycles. The highest BCUT2D eigenvalue weighted by Crippen LogP contribution is 2.38. The topological polar surface area (TPSA) is 108 Å². The Hall–Kier alpha value is -3.55. The van der Waals surface area contributed by atoms with Crippen LogP contribution in [0.2, 0.25) is 0 Å². The van der Waals surface area contributed by atoms with Crippen LogP contribution in [0, 0.1) is 0 Å². The van der Waals surface area contributed by atoms with Crippen molar-refractivity contribution in [2.24, 2.45) is 0 Å². The number of aromatic hydroxyl groups is 1. The molecule has 0 saturated heterocycles. The maximum Gasteiger partial charge on any atom is 0.337 e. The van der Waals surface area contributed by atoms with Gasteiger partial charge in [-0.15, -0.1) is 0 Å². The number of hydrogen-bond donors (Lipinski definition) is 1. The van der Waals surface area contributed by atoms with Crippen LogP contribution in [-0.4, -0.2) is 43.8 Å². The molecular weight excluding hydrogens is 344 g/mol. The molecule has 0 bridgehead atoms. The summed E-state index contributed by atoms with van der Waals surface area (Å²) in [5, 5.41) is 10.1. The van der Waals surface area contributed by atoms with Crippen LogP contribution in [0.25, 0.3) is 0 Å². The zero-order chi connectivity index (χ0) is 18.8. The van der Waals surface area contributed by atoms with Gasteiger partial charge in [0.1, 0.15) is 5.75 Å². The molecule has 26 heavy (non-hydrogen) atoms. The van der Waals surface area contributed by atoms with E-state index in [9.17, 15) is 19.5 Å². The number of carbonyl (C=O) groups excluding carboxylic acids is 3. The highest BCUT2D eigenvalue weighted by molar-refractivity contribution is 6.13. The van der Waals surface area contributed by atoms with Crippen LogP contribution in [0.15, 0.2) is 30.3 Å². The Bertz CT molecular complexity index is 881. The van der Waals surface area contributed by atoms with Crippen LogP contribution in [0.1, 0.15) is 36.6 Å². The zero-order valence-electron chi connectivity index (χ0n) is 13.9. The van der Waals surface area contributed by atoms with Crippen molar-refractivity contribution in [3.05, 3.63) is 52.6 Å². The average Bonchev–Trinajstić information content (AvgIpc) is 3.12. The predicted octanol–water partition coefficient (Wildman–Crippen LogP) is 1.93. The number of phenolic OH excluding ortho intramolecular Hbond substituents is 1. The standard InChI is InChI=1S/C18H14O8/c1-23-17(21)10-3-9(4-11(5-10)18(22)24-2)16(20)12-6-14-15(7-13(12)19)26-8-25-14/h3-7,19H,8H2,1-2H3. The molecule has 8 nitrogen and oxygen atoms in total. The second-order valence-electron chi connectivity index (χ2n) is 5.33. The van der Waals surface area contributed by atoms with Gasteiger partial charge in [0, 0.05) is 11.6 Å². The summed E-state index contributed by atoms with van der Waals surface area (Å²) in [6.07, 6.45) is 0. The molecule has 2 aromatic rings. The van der Waals surface area contributed by atoms with Gasteiger partial charge in [-0.1, -0.05) is 0 Å². The Labute approximate surface area is 147 Å². The van der Waals surface area contributed by atoms with E-state index in [1.54, 1.807) is 0 Å². The number of ether oxygens (including phenoxy) is 4. The summed E-state index contributed by atoms with van der Waals surface area (Å²) in [4.78, 5) is 36.5. The summed E-state index contributed by atoms with van der Waals surface area (Å²) in [6, 6.07) is 6.40. The molecular formula is C18H14O8. The fourth-order valence-electron chi connectivity index (χ4n) is 2.50. The van der Waals surface area contributed by atoms with E-state index in [1.165, 1.54) is 44.6 Å². The minimum Gasteiger partial charge on any atom is -0.507 e. The Morgan fingerprint density at radius 2 is 1.35 bits per heavy atom. The lowest BCUT2D eigenvalue weighted by atomic mass is 9.97. The number of benzene rings is 2. The van der Waals surface area contributed by atoms with Gasteiger partial charge >= 0.3 is 11.9 Å². The van der Waals surface area contributed by atoms with E-state index in [4.69, 9.17) is 9.47 Å². The van der Waals surface area contributed by atoms with Crippen molar-refractivity contribution in [2.45, 2.75) is 0 Å². The van der Waals surface area contributed by atoms with Gasteiger partial charge in [-0.05, 0) is 24.3 Å². The van der Waals surface area contributed by atoms with E-state index in [1.807, 2.05) is 0 Å². The summed E-state index contributed by atoms with van der Waals surface area (Å²) in [5.41, 5.74) is -0.0625. The second kappa shape index (κ2) is 6.75. The lowest BCUT2D eigenvalue weighted by molar-refractivity contribution is 0.0599. The predicted molar refractivity (Wildman–Crippen MR) is 86.8 cm³/mol. The van der Waals surface area contributed by atoms with Gasteiger partial charge in [0.2, 0.25) is 6.79 Å². The van der Waals surface area contributed by atoms with Gasteiger partial charge in [0.15, 0.2) is 17.3 Å². The molecule has 134 valence electrons. The largest absolute Gasteiger partial charge is 0.507 e. The number of methoxy groups -OCH3 is 2. The summed E-state index contributed by atoms with van der Waals surface area (Å²) in [5.74, 6) is -1.75. The van der Waals surface area contributed by atoms with Crippen molar-refractivity contribution in [1.82, 2.24) is 0 Å². The summed E-state index contributed by atoms with van der Waals surface area (Å²) >= 11 is 0. The van der Waals surface area contributed by atoms with E-state index >= 15 is 0 Å². The number of rotatable bonds is 4. The molecule has 1 aliphatic rings. The SMILES string of the molecule is COC(=O)c1cc(C(=O)OC)cc(C(=O)c2cc3c(cc2O)OCO3)c1. The van der Waals surface area contributed by atoms with Gasteiger partial charge in [-0.3, -0.25) is 4.79 Å². The first-order valence-electron chi connectivity index (χ1n) is 7.43. The molecule has 0 saturated carbocycles. The van der Waals surface area contributed by atoms with Gasteiger partial charge in [0.05, 0.1) is 30.9 Å². The normalized spacial score (nSPS) is 11.8. The third-order valence-corrected chi connectivity index (χ3v) is 3.77. The van der Waals surface area contributed by atoms with Gasteiger partial charge in [-0.2, -0.15) is 0 Å². The van der Waals surface area contributed by atoms with E-state index < -0.39 is 17.7 Å². The van der Waals surface area contributed by atoms with Crippen LogP contribution in [0.5, 0.6) is 17.2 Å². The molecule has 3 rings (SSSR count). The highest BCUT2D eigenvalue weighted by Gasteiger charge is 2.24. The molecule has 1 heterocycles. The van der Waals surface area contributed by atoms with Crippen molar-refractivity contribution in [2.75, 3.05) is 21.0 Å². The number of esters is 2. The minimum absolute atomic E-state index is 0.000942. The number of hydrogen-bond acceptors (Lipinski definition) is 8. The molecule has 0 fully saturated rings. The van der Waals surface area contributed by atoms with Crippen LogP contribution in [0.4, 0.5) is 0 Å². The highest BCUT2D eigenvalue weighted by atomic mass is 16.7. The molecule has 0 atom stereocenters. The molecule has 0 radical (unpaired) electrons. The Morgan fingerprint density at radius 1 is 0.846 bits per heavy atom. The summed E-state index contributed by atoms with van der Waals surface area (Å²) in [7, 11) is 2.36. The number of fused-ring (bicyclic) bond motifs is 1. The van der Waals surface area contributed by atoms with Gasteiger partial charge in [-0.25, -0.2) is 9.59 Å². The minimum atomic E-state index is -0.722. The van der Waals surface area contributed by atoms with Crippen molar-refractivity contribution in [3.8, 4) is 17.2 Å². The summed E-state index contributed by atoms with van der Waals surface area (Å²) < 4.78 is 19.6. The Balaban J connectivity index is 2.09. The van der Waals surface area contributed by atoms with Gasteiger partial charge < -0.3 is 24.1 Å². The first kappa shape index (κ1) is 17.3. The maximum atomic E-state index is 12.8. The van der Waals surface area contributed by atoms with Crippen molar-refractivity contribution in [3.63, 3.8) is 0 Å². The average molecular weight is 358 g/mol. The molecule has 8 heteroatoms. The van der Waals surface area contributed by atoms with Crippen LogP contribution < -0.4 is 9.47 Å². The third-order valence-electron chi connectivity index (χ3n) is 3.77. The lowest BCUT2D eigenvalue weighted by Crippen LogP contribution is -2.11. The first-order chi connectivity index (χ1) is 12.4. The number of phenols is 1. The third kappa shape index (κ3) is 3.04. The van der Waals surface area contributed by atoms with Crippen molar-refractivity contribution >= 4 is 17.7 Å². The number of ketones is 1. The molecule has 0 aromatic heterocycles. The monoisotopic (exact) mass is 358 g/mol. The van der Waals surface area contributed by atoms with Crippen molar-refractivity contribution in [1.29, 1.82) is 0 Å². The molecule has 0 amide bonds. The fraction of sp³-hybridized carbons (Fsp3) is 0.167. The molecule has 0 aliphatic carbocycles. The first-order valence-corrected chi connectivity index (χ1v) is 7.43. The second-order valence-corrected chi connectivity index (χ2v) is 5.33. The smallest absolute Gasteiger partial charge is 0.337 e. The van der Waals surface area contributed by atoms with Crippen LogP contribution >= 0.6 is 0 Å². The van der Waals surface area contributed by atoms with E-state index in [0.29, 0.717) is 11.5 Å². The molecule has 1 aliphatic heterocycles.